The lowest BCUT2D eigenvalue weighted by Gasteiger charge is -2.45. The number of esters is 1. The Morgan fingerprint density at radius 3 is 2.49 bits per heavy atom. The van der Waals surface area contributed by atoms with Crippen molar-refractivity contribution in [3.8, 4) is 28.6 Å². The molecule has 2 aromatic carbocycles. The Labute approximate surface area is 211 Å². The zero-order chi connectivity index (χ0) is 26.9. The predicted molar refractivity (Wildman–Crippen MR) is 129 cm³/mol. The average Bonchev–Trinajstić information content (AvgIpc) is 2.84. The van der Waals surface area contributed by atoms with Gasteiger partial charge >= 0.3 is 5.97 Å². The molecule has 1 aliphatic heterocycles. The zero-order valence-corrected chi connectivity index (χ0v) is 20.2. The van der Waals surface area contributed by atoms with E-state index >= 15 is 0 Å². The van der Waals surface area contributed by atoms with Gasteiger partial charge in [-0.2, -0.15) is 0 Å². The van der Waals surface area contributed by atoms with Gasteiger partial charge < -0.3 is 44.2 Å². The van der Waals surface area contributed by atoms with Gasteiger partial charge in [0.05, 0.1) is 6.61 Å². The number of aromatic hydroxyl groups is 2. The maximum absolute atomic E-state index is 12.7. The lowest BCUT2D eigenvalue weighted by Crippen LogP contribution is -2.67. The number of hydrogen-bond donors (Lipinski definition) is 5. The minimum Gasteiger partial charge on any atom is -0.508 e. The van der Waals surface area contributed by atoms with Gasteiger partial charge in [0.15, 0.2) is 11.5 Å². The number of benzene rings is 2. The lowest BCUT2D eigenvalue weighted by molar-refractivity contribution is -0.301. The molecule has 0 spiro atoms. The van der Waals surface area contributed by atoms with Crippen LogP contribution in [-0.4, -0.2) is 68.3 Å². The summed E-state index contributed by atoms with van der Waals surface area (Å²) >= 11 is 0. The van der Waals surface area contributed by atoms with E-state index in [0.717, 1.165) is 19.4 Å². The molecule has 0 amide bonds. The fraction of sp³-hybridized carbons (Fsp3) is 0.385. The Hall–Kier alpha value is -3.64. The van der Waals surface area contributed by atoms with Crippen molar-refractivity contribution in [2.45, 2.75) is 56.9 Å². The number of unbranched alkanes of at least 4 members (excludes halogenated alkanes) is 1. The number of phenols is 2. The van der Waals surface area contributed by atoms with Crippen LogP contribution in [0.25, 0.3) is 22.3 Å². The van der Waals surface area contributed by atoms with Crippen molar-refractivity contribution in [3.05, 3.63) is 52.7 Å². The Morgan fingerprint density at radius 2 is 1.81 bits per heavy atom. The van der Waals surface area contributed by atoms with Crippen molar-refractivity contribution in [2.75, 3.05) is 6.61 Å². The third-order valence-electron chi connectivity index (χ3n) is 6.15. The van der Waals surface area contributed by atoms with Crippen LogP contribution in [0.3, 0.4) is 0 Å². The Kier molecular flexibility index (Phi) is 7.42. The summed E-state index contributed by atoms with van der Waals surface area (Å²) < 4.78 is 22.0. The number of carbonyl (C=O) groups excluding carboxylic acids is 1. The first kappa shape index (κ1) is 26.4. The fourth-order valence-corrected chi connectivity index (χ4v) is 4.00. The molecule has 5 unspecified atom stereocenters. The number of phenolic OH excluding ortho intramolecular Hbond substituents is 2. The number of ether oxygens (including phenoxy) is 3. The second-order valence-corrected chi connectivity index (χ2v) is 9.02. The van der Waals surface area contributed by atoms with Crippen LogP contribution in [-0.2, 0) is 14.3 Å². The average molecular weight is 516 g/mol. The molecular formula is C26H28O11. The lowest BCUT2D eigenvalue weighted by atomic mass is 9.86. The molecule has 1 aliphatic rings. The Bertz CT molecular complexity index is 1330. The van der Waals surface area contributed by atoms with Crippen molar-refractivity contribution in [1.29, 1.82) is 0 Å². The van der Waals surface area contributed by atoms with Crippen LogP contribution < -0.4 is 10.2 Å². The smallest absolute Gasteiger partial charge is 0.338 e. The summed E-state index contributed by atoms with van der Waals surface area (Å²) in [6.07, 6.45) is -5.62. The highest BCUT2D eigenvalue weighted by Crippen LogP contribution is 2.35. The molecule has 3 aromatic rings. The first-order chi connectivity index (χ1) is 17.5. The molecule has 0 aliphatic carbocycles. The first-order valence-electron chi connectivity index (χ1n) is 11.7. The molecule has 0 bridgehead atoms. The van der Waals surface area contributed by atoms with Crippen molar-refractivity contribution >= 4 is 16.9 Å². The summed E-state index contributed by atoms with van der Waals surface area (Å²) in [4.78, 5) is 25.2. The molecule has 4 rings (SSSR count). The van der Waals surface area contributed by atoms with Crippen LogP contribution >= 0.6 is 0 Å². The first-order valence-corrected chi connectivity index (χ1v) is 11.7. The summed E-state index contributed by atoms with van der Waals surface area (Å²) in [5.74, 6) is -1.35. The monoisotopic (exact) mass is 516 g/mol. The Balaban J connectivity index is 1.65. The van der Waals surface area contributed by atoms with Crippen LogP contribution in [0, 0.1) is 0 Å². The molecule has 0 saturated carbocycles. The summed E-state index contributed by atoms with van der Waals surface area (Å²) in [5, 5.41) is 51.5. The molecule has 5 atom stereocenters. The minimum absolute atomic E-state index is 0.0278. The Morgan fingerprint density at radius 1 is 1.11 bits per heavy atom. The molecule has 1 saturated heterocycles. The molecule has 5 N–H and O–H groups in total. The standard InChI is InChI=1S/C26H28O11/c1-3-4-9-34-24(32)23-26(2,33)22(31)21(30)25(37-23)35-15-10-16(28)20-17(29)12-18(36-19(20)11-15)13-5-7-14(27)8-6-13/h5-8,10-12,21-23,25,27-28,30-31,33H,3-4,9H2,1-2H3. The molecule has 198 valence electrons. The molecule has 2 heterocycles. The van der Waals surface area contributed by atoms with Gasteiger partial charge in [0.1, 0.15) is 51.8 Å². The summed E-state index contributed by atoms with van der Waals surface area (Å²) in [5.41, 5.74) is -2.29. The van der Waals surface area contributed by atoms with E-state index < -0.39 is 47.4 Å². The zero-order valence-electron chi connectivity index (χ0n) is 20.2. The number of fused-ring (bicyclic) bond motifs is 1. The number of hydrogen-bond acceptors (Lipinski definition) is 11. The number of rotatable bonds is 7. The molecule has 11 heteroatoms. The summed E-state index contributed by atoms with van der Waals surface area (Å²) in [6, 6.07) is 9.46. The second kappa shape index (κ2) is 10.4. The quantitative estimate of drug-likeness (QED) is 0.229. The van der Waals surface area contributed by atoms with E-state index in [-0.39, 0.29) is 34.8 Å². The van der Waals surface area contributed by atoms with E-state index in [0.29, 0.717) is 12.0 Å². The SMILES string of the molecule is CCCCOC(=O)C1OC(Oc2cc(O)c3c(=O)cc(-c4ccc(O)cc4)oc3c2)C(O)C(O)C1(C)O. The normalized spacial score (nSPS) is 25.6. The molecule has 37 heavy (non-hydrogen) atoms. The highest BCUT2D eigenvalue weighted by Gasteiger charge is 2.56. The molecule has 0 radical (unpaired) electrons. The van der Waals surface area contributed by atoms with Gasteiger partial charge in [-0.25, -0.2) is 4.79 Å². The molecule has 11 nitrogen and oxygen atoms in total. The second-order valence-electron chi connectivity index (χ2n) is 9.02. The van der Waals surface area contributed by atoms with E-state index in [4.69, 9.17) is 18.6 Å². The summed E-state index contributed by atoms with van der Waals surface area (Å²) in [6.45, 7) is 3.11. The van der Waals surface area contributed by atoms with Crippen molar-refractivity contribution < 1.29 is 49.0 Å². The third kappa shape index (κ3) is 5.25. The predicted octanol–water partition coefficient (Wildman–Crippen LogP) is 1.79. The fourth-order valence-electron chi connectivity index (χ4n) is 4.00. The van der Waals surface area contributed by atoms with Gasteiger partial charge in [-0.15, -0.1) is 0 Å². The van der Waals surface area contributed by atoms with E-state index in [1.54, 1.807) is 12.1 Å². The van der Waals surface area contributed by atoms with E-state index in [1.165, 1.54) is 24.3 Å². The van der Waals surface area contributed by atoms with E-state index in [9.17, 15) is 35.1 Å². The topological polar surface area (TPSA) is 176 Å². The van der Waals surface area contributed by atoms with Crippen LogP contribution in [0.4, 0.5) is 0 Å². The molecule has 1 fully saturated rings. The van der Waals surface area contributed by atoms with Gasteiger partial charge in [-0.3, -0.25) is 4.79 Å². The minimum atomic E-state index is -2.18. The van der Waals surface area contributed by atoms with Crippen LogP contribution in [0.2, 0.25) is 0 Å². The maximum atomic E-state index is 12.7. The molecule has 1 aromatic heterocycles. The number of aliphatic hydroxyl groups excluding tert-OH is 2. The number of carbonyl (C=O) groups is 1. The van der Waals surface area contributed by atoms with Crippen molar-refractivity contribution in [3.63, 3.8) is 0 Å². The van der Waals surface area contributed by atoms with E-state index in [1.807, 2.05) is 6.92 Å². The van der Waals surface area contributed by atoms with Crippen LogP contribution in [0.1, 0.15) is 26.7 Å². The highest BCUT2D eigenvalue weighted by molar-refractivity contribution is 5.86. The largest absolute Gasteiger partial charge is 0.508 e. The van der Waals surface area contributed by atoms with Gasteiger partial charge in [0, 0.05) is 23.8 Å². The third-order valence-corrected chi connectivity index (χ3v) is 6.15. The van der Waals surface area contributed by atoms with Crippen LogP contribution in [0.15, 0.2) is 51.7 Å². The van der Waals surface area contributed by atoms with Crippen molar-refractivity contribution in [2.24, 2.45) is 0 Å². The number of aliphatic hydroxyl groups is 3. The van der Waals surface area contributed by atoms with Gasteiger partial charge in [-0.05, 0) is 37.6 Å². The van der Waals surface area contributed by atoms with Gasteiger partial charge in [0.2, 0.25) is 6.29 Å². The summed E-state index contributed by atoms with van der Waals surface area (Å²) in [7, 11) is 0. The highest BCUT2D eigenvalue weighted by atomic mass is 16.7. The van der Waals surface area contributed by atoms with Gasteiger partial charge in [-0.1, -0.05) is 13.3 Å². The molecular weight excluding hydrogens is 488 g/mol. The van der Waals surface area contributed by atoms with Crippen LogP contribution in [0.5, 0.6) is 17.2 Å². The van der Waals surface area contributed by atoms with Crippen molar-refractivity contribution in [1.82, 2.24) is 0 Å². The van der Waals surface area contributed by atoms with Gasteiger partial charge in [0.25, 0.3) is 0 Å². The maximum Gasteiger partial charge on any atom is 0.338 e. The van der Waals surface area contributed by atoms with E-state index in [2.05, 4.69) is 0 Å².